The van der Waals surface area contributed by atoms with Gasteiger partial charge in [0.1, 0.15) is 12.7 Å². The van der Waals surface area contributed by atoms with Gasteiger partial charge < -0.3 is 5.32 Å². The van der Waals surface area contributed by atoms with Crippen LogP contribution in [0, 0.1) is 13.8 Å². The van der Waals surface area contributed by atoms with Gasteiger partial charge in [0, 0.05) is 12.2 Å². The Morgan fingerprint density at radius 3 is 2.78 bits per heavy atom. The van der Waals surface area contributed by atoms with Gasteiger partial charge in [-0.05, 0) is 56.5 Å². The number of aryl methyl sites for hydroxylation is 2. The Morgan fingerprint density at radius 1 is 1.30 bits per heavy atom. The van der Waals surface area contributed by atoms with E-state index in [0.29, 0.717) is 12.6 Å². The largest absolute Gasteiger partial charge is 0.325 e. The van der Waals surface area contributed by atoms with Crippen LogP contribution in [0.15, 0.2) is 30.9 Å². The average molecular weight is 313 g/mol. The van der Waals surface area contributed by atoms with E-state index >= 15 is 0 Å². The van der Waals surface area contributed by atoms with Crippen LogP contribution in [-0.2, 0) is 4.79 Å². The number of nitrogens with one attached hydrogen (secondary N) is 1. The number of amides is 1. The second-order valence-corrected chi connectivity index (χ2v) is 6.33. The van der Waals surface area contributed by atoms with Gasteiger partial charge in [0.15, 0.2) is 0 Å². The third-order valence-electron chi connectivity index (χ3n) is 4.16. The first-order valence-electron chi connectivity index (χ1n) is 8.05. The summed E-state index contributed by atoms with van der Waals surface area (Å²) < 4.78 is 1.90. The van der Waals surface area contributed by atoms with Gasteiger partial charge in [-0.25, -0.2) is 9.67 Å². The molecule has 1 atom stereocenters. The zero-order chi connectivity index (χ0) is 16.2. The first-order chi connectivity index (χ1) is 11.1. The molecule has 0 aliphatic carbocycles. The van der Waals surface area contributed by atoms with Crippen LogP contribution in [0.5, 0.6) is 0 Å². The number of rotatable bonds is 4. The van der Waals surface area contributed by atoms with Gasteiger partial charge in [0.05, 0.1) is 12.6 Å². The minimum atomic E-state index is 0.0363. The number of likely N-dealkylation sites (tertiary alicyclic amines) is 1. The Bertz CT molecular complexity index is 647. The summed E-state index contributed by atoms with van der Waals surface area (Å²) in [5.41, 5.74) is 3.19. The highest BCUT2D eigenvalue weighted by Gasteiger charge is 2.23. The molecular weight excluding hydrogens is 290 g/mol. The predicted octanol–water partition coefficient (Wildman–Crippen LogP) is 2.17. The fraction of sp³-hybridized carbons (Fsp3) is 0.471. The molecule has 0 unspecified atom stereocenters. The molecule has 1 aromatic heterocycles. The van der Waals surface area contributed by atoms with Gasteiger partial charge >= 0.3 is 0 Å². The van der Waals surface area contributed by atoms with Crippen molar-refractivity contribution in [2.24, 2.45) is 0 Å². The van der Waals surface area contributed by atoms with Crippen molar-refractivity contribution in [1.29, 1.82) is 0 Å². The molecule has 1 aliphatic heterocycles. The number of carbonyl (C=O) groups excluding carboxylic acids is 1. The third-order valence-corrected chi connectivity index (χ3v) is 4.16. The van der Waals surface area contributed by atoms with Gasteiger partial charge in [-0.15, -0.1) is 0 Å². The number of piperidine rings is 1. The van der Waals surface area contributed by atoms with E-state index in [4.69, 9.17) is 0 Å². The fourth-order valence-corrected chi connectivity index (χ4v) is 3.25. The molecule has 3 rings (SSSR count). The maximum atomic E-state index is 12.3. The Morgan fingerprint density at radius 2 is 2.09 bits per heavy atom. The van der Waals surface area contributed by atoms with Crippen LogP contribution in [0.2, 0.25) is 0 Å². The van der Waals surface area contributed by atoms with Crippen LogP contribution in [-0.4, -0.2) is 45.2 Å². The van der Waals surface area contributed by atoms with Crippen LogP contribution in [0.4, 0.5) is 5.69 Å². The number of nitrogens with zero attached hydrogens (tertiary/aromatic N) is 4. The van der Waals surface area contributed by atoms with Gasteiger partial charge in [0.2, 0.25) is 5.91 Å². The Kier molecular flexibility index (Phi) is 4.71. The topological polar surface area (TPSA) is 63.1 Å². The molecular formula is C17H23N5O. The van der Waals surface area contributed by atoms with E-state index in [9.17, 15) is 4.79 Å². The molecule has 0 saturated carbocycles. The van der Waals surface area contributed by atoms with E-state index in [1.165, 1.54) is 0 Å². The van der Waals surface area contributed by atoms with Gasteiger partial charge in [-0.1, -0.05) is 6.07 Å². The molecule has 1 N–H and O–H groups in total. The van der Waals surface area contributed by atoms with Crippen molar-refractivity contribution in [3.63, 3.8) is 0 Å². The predicted molar refractivity (Wildman–Crippen MR) is 89.3 cm³/mol. The van der Waals surface area contributed by atoms with Crippen LogP contribution >= 0.6 is 0 Å². The number of hydrogen-bond acceptors (Lipinski definition) is 4. The Labute approximate surface area is 136 Å². The molecule has 1 amide bonds. The van der Waals surface area contributed by atoms with E-state index in [-0.39, 0.29) is 5.91 Å². The van der Waals surface area contributed by atoms with Crippen molar-refractivity contribution in [3.05, 3.63) is 42.0 Å². The van der Waals surface area contributed by atoms with Crippen LogP contribution < -0.4 is 5.32 Å². The van der Waals surface area contributed by atoms with E-state index in [1.807, 2.05) is 30.7 Å². The zero-order valence-electron chi connectivity index (χ0n) is 13.7. The van der Waals surface area contributed by atoms with Crippen LogP contribution in [0.3, 0.4) is 0 Å². The minimum absolute atomic E-state index is 0.0363. The summed E-state index contributed by atoms with van der Waals surface area (Å²) in [6.45, 7) is 6.28. The van der Waals surface area contributed by atoms with Crippen molar-refractivity contribution in [1.82, 2.24) is 19.7 Å². The average Bonchev–Trinajstić information content (AvgIpc) is 3.00. The first-order valence-corrected chi connectivity index (χ1v) is 8.05. The van der Waals surface area contributed by atoms with Crippen LogP contribution in [0.1, 0.15) is 30.0 Å². The van der Waals surface area contributed by atoms with E-state index in [2.05, 4.69) is 26.4 Å². The summed E-state index contributed by atoms with van der Waals surface area (Å²) in [5.74, 6) is 0.0363. The van der Waals surface area contributed by atoms with Crippen molar-refractivity contribution >= 4 is 11.6 Å². The number of aromatic nitrogens is 3. The van der Waals surface area contributed by atoms with Crippen molar-refractivity contribution in [3.8, 4) is 0 Å². The normalized spacial score (nSPS) is 18.8. The summed E-state index contributed by atoms with van der Waals surface area (Å²) in [5, 5.41) is 7.22. The second kappa shape index (κ2) is 6.91. The molecule has 2 aromatic rings. The molecule has 1 aliphatic rings. The molecule has 0 bridgehead atoms. The Balaban J connectivity index is 1.57. The molecule has 0 spiro atoms. The molecule has 6 heteroatoms. The van der Waals surface area contributed by atoms with Gasteiger partial charge in [-0.3, -0.25) is 9.69 Å². The van der Waals surface area contributed by atoms with Gasteiger partial charge in [0.25, 0.3) is 0 Å². The highest BCUT2D eigenvalue weighted by molar-refractivity contribution is 5.92. The molecule has 1 aromatic carbocycles. The number of carbonyl (C=O) groups is 1. The molecule has 23 heavy (non-hydrogen) atoms. The van der Waals surface area contributed by atoms with Crippen LogP contribution in [0.25, 0.3) is 0 Å². The summed E-state index contributed by atoms with van der Waals surface area (Å²) in [4.78, 5) is 18.5. The first kappa shape index (κ1) is 15.7. The van der Waals surface area contributed by atoms with E-state index in [1.54, 1.807) is 12.7 Å². The molecule has 1 saturated heterocycles. The second-order valence-electron chi connectivity index (χ2n) is 6.33. The lowest BCUT2D eigenvalue weighted by Gasteiger charge is -2.32. The number of anilines is 1. The maximum absolute atomic E-state index is 12.3. The Hall–Kier alpha value is -2.21. The molecule has 122 valence electrons. The highest BCUT2D eigenvalue weighted by Crippen LogP contribution is 2.20. The number of benzene rings is 1. The number of hydrogen-bond donors (Lipinski definition) is 1. The summed E-state index contributed by atoms with van der Waals surface area (Å²) in [7, 11) is 0. The summed E-state index contributed by atoms with van der Waals surface area (Å²) in [6.07, 6.45) is 5.47. The van der Waals surface area contributed by atoms with Gasteiger partial charge in [-0.2, -0.15) is 5.10 Å². The summed E-state index contributed by atoms with van der Waals surface area (Å²) in [6, 6.07) is 6.40. The zero-order valence-corrected chi connectivity index (χ0v) is 13.7. The van der Waals surface area contributed by atoms with E-state index in [0.717, 1.165) is 42.7 Å². The lowest BCUT2D eigenvalue weighted by Crippen LogP contribution is -2.41. The lowest BCUT2D eigenvalue weighted by atomic mass is 10.1. The SMILES string of the molecule is Cc1cc(C)cc(NC(=O)CN2CCC[C@H](n3cncn3)C2)c1. The fourth-order valence-electron chi connectivity index (χ4n) is 3.25. The smallest absolute Gasteiger partial charge is 0.238 e. The summed E-state index contributed by atoms with van der Waals surface area (Å²) >= 11 is 0. The highest BCUT2D eigenvalue weighted by atomic mass is 16.2. The molecule has 2 heterocycles. The molecule has 6 nitrogen and oxygen atoms in total. The van der Waals surface area contributed by atoms with Crippen molar-refractivity contribution < 1.29 is 4.79 Å². The van der Waals surface area contributed by atoms with Crippen molar-refractivity contribution in [2.75, 3.05) is 25.0 Å². The standard InChI is InChI=1S/C17H23N5O/c1-13-6-14(2)8-15(7-13)20-17(23)10-21-5-3-4-16(9-21)22-12-18-11-19-22/h6-8,11-12,16H,3-5,9-10H2,1-2H3,(H,20,23)/t16-/m0/s1. The third kappa shape index (κ3) is 4.16. The maximum Gasteiger partial charge on any atom is 0.238 e. The monoisotopic (exact) mass is 313 g/mol. The lowest BCUT2D eigenvalue weighted by molar-refractivity contribution is -0.117. The van der Waals surface area contributed by atoms with Crippen molar-refractivity contribution in [2.45, 2.75) is 32.7 Å². The van der Waals surface area contributed by atoms with E-state index < -0.39 is 0 Å². The minimum Gasteiger partial charge on any atom is -0.325 e. The molecule has 1 fully saturated rings. The molecule has 0 radical (unpaired) electrons. The quantitative estimate of drug-likeness (QED) is 0.939.